The van der Waals surface area contributed by atoms with E-state index in [0.717, 1.165) is 18.2 Å². The third kappa shape index (κ3) is 4.72. The molecule has 2 spiro atoms. The zero-order valence-electron chi connectivity index (χ0n) is 28.6. The number of methoxy groups -OCH3 is 1. The monoisotopic (exact) mass is 686 g/mol. The summed E-state index contributed by atoms with van der Waals surface area (Å²) in [6.07, 6.45) is 0. The highest BCUT2D eigenvalue weighted by atomic mass is 16.5. The largest absolute Gasteiger partial charge is 0.469 e. The second kappa shape index (κ2) is 13.2. The summed E-state index contributed by atoms with van der Waals surface area (Å²) in [6.45, 7) is 3.28. The number of ether oxygens (including phenoxy) is 3. The second-order valence-corrected chi connectivity index (χ2v) is 12.9. The Bertz CT molecular complexity index is 1880. The van der Waals surface area contributed by atoms with Crippen molar-refractivity contribution >= 4 is 41.1 Å². The molecule has 2 heterocycles. The lowest BCUT2D eigenvalue weighted by Crippen LogP contribution is -2.63. The van der Waals surface area contributed by atoms with E-state index < -0.39 is 58.3 Å². The standard InChI is InChI=1S/C41H38N2O8/c1-4-50-36(45)33-32(35(44)49-3)34(37(46)51-5-2)41(29-21-13-15-23-31(29)43(39(41)48)25-27-18-10-7-11-19-27)40(33)28-20-12-14-22-30(28)42(38(40)47)24-26-16-8-6-9-17-26/h6-23,32-34H,4-5,24-25H2,1-3H3/t32?,33-,34-,40-,41+/m0/s1. The minimum atomic E-state index is -2.14. The zero-order chi connectivity index (χ0) is 35.9. The number of nitrogens with zero attached hydrogens (tertiary/aromatic N) is 2. The van der Waals surface area contributed by atoms with E-state index in [9.17, 15) is 14.4 Å². The number of amides is 2. The molecule has 1 fully saturated rings. The fourth-order valence-corrected chi connectivity index (χ4v) is 8.91. The number of fused-ring (bicyclic) bond motifs is 5. The number of anilines is 2. The van der Waals surface area contributed by atoms with E-state index in [1.54, 1.807) is 72.2 Å². The molecule has 0 aromatic heterocycles. The number of benzene rings is 4. The summed E-state index contributed by atoms with van der Waals surface area (Å²) in [4.78, 5) is 78.4. The summed E-state index contributed by atoms with van der Waals surface area (Å²) in [5, 5.41) is 0. The first kappa shape index (κ1) is 33.7. The molecule has 1 saturated carbocycles. The van der Waals surface area contributed by atoms with Crippen molar-refractivity contribution in [3.05, 3.63) is 131 Å². The van der Waals surface area contributed by atoms with Gasteiger partial charge in [0, 0.05) is 11.4 Å². The van der Waals surface area contributed by atoms with Crippen molar-refractivity contribution in [2.75, 3.05) is 30.1 Å². The highest BCUT2D eigenvalue weighted by Gasteiger charge is 2.86. The second-order valence-electron chi connectivity index (χ2n) is 12.9. The summed E-state index contributed by atoms with van der Waals surface area (Å²) in [5.74, 6) is -8.85. The van der Waals surface area contributed by atoms with Crippen LogP contribution in [-0.4, -0.2) is 50.0 Å². The minimum Gasteiger partial charge on any atom is -0.469 e. The first-order chi connectivity index (χ1) is 24.8. The predicted molar refractivity (Wildman–Crippen MR) is 187 cm³/mol. The number of carbonyl (C=O) groups is 5. The fraction of sp³-hybridized carbons (Fsp3) is 0.293. The number of para-hydroxylation sites is 2. The van der Waals surface area contributed by atoms with Crippen molar-refractivity contribution in [3.8, 4) is 0 Å². The molecule has 1 aliphatic carbocycles. The molecule has 5 atom stereocenters. The molecular formula is C41H38N2O8. The van der Waals surface area contributed by atoms with Gasteiger partial charge in [-0.25, -0.2) is 0 Å². The van der Waals surface area contributed by atoms with Crippen molar-refractivity contribution in [2.24, 2.45) is 17.8 Å². The van der Waals surface area contributed by atoms with Crippen LogP contribution in [0, 0.1) is 17.8 Å². The summed E-state index contributed by atoms with van der Waals surface area (Å²) in [7, 11) is 1.16. The average Bonchev–Trinajstić information content (AvgIpc) is 3.68. The number of hydrogen-bond donors (Lipinski definition) is 0. The van der Waals surface area contributed by atoms with E-state index in [-0.39, 0.29) is 26.3 Å². The average molecular weight is 687 g/mol. The lowest BCUT2D eigenvalue weighted by Gasteiger charge is -2.43. The molecule has 10 heteroatoms. The van der Waals surface area contributed by atoms with Crippen molar-refractivity contribution in [1.82, 2.24) is 0 Å². The van der Waals surface area contributed by atoms with Crippen LogP contribution < -0.4 is 9.80 Å². The molecule has 4 aromatic carbocycles. The van der Waals surface area contributed by atoms with Gasteiger partial charge < -0.3 is 24.0 Å². The molecular weight excluding hydrogens is 648 g/mol. The van der Waals surface area contributed by atoms with Crippen LogP contribution in [0.1, 0.15) is 36.1 Å². The van der Waals surface area contributed by atoms with E-state index in [4.69, 9.17) is 14.2 Å². The summed E-state index contributed by atoms with van der Waals surface area (Å²) in [6, 6.07) is 32.7. The smallest absolute Gasteiger partial charge is 0.311 e. The lowest BCUT2D eigenvalue weighted by atomic mass is 9.54. The topological polar surface area (TPSA) is 120 Å². The van der Waals surface area contributed by atoms with Gasteiger partial charge in [-0.3, -0.25) is 24.0 Å². The third-order valence-electron chi connectivity index (χ3n) is 10.6. The van der Waals surface area contributed by atoms with Crippen LogP contribution in [0.2, 0.25) is 0 Å². The minimum absolute atomic E-state index is 0.0788. The van der Waals surface area contributed by atoms with Gasteiger partial charge in [0.25, 0.3) is 0 Å². The highest BCUT2D eigenvalue weighted by molar-refractivity contribution is 6.23. The Hall–Kier alpha value is -5.77. The van der Waals surface area contributed by atoms with E-state index in [2.05, 4.69) is 0 Å². The third-order valence-corrected chi connectivity index (χ3v) is 10.6. The van der Waals surface area contributed by atoms with Gasteiger partial charge in [0.15, 0.2) is 0 Å². The molecule has 10 nitrogen and oxygen atoms in total. The molecule has 3 aliphatic rings. The Kier molecular flexibility index (Phi) is 8.70. The van der Waals surface area contributed by atoms with Crippen molar-refractivity contribution in [1.29, 1.82) is 0 Å². The molecule has 7 rings (SSSR count). The first-order valence-corrected chi connectivity index (χ1v) is 17.1. The summed E-state index contributed by atoms with van der Waals surface area (Å²) in [5.41, 5.74) is -1.08. The van der Waals surface area contributed by atoms with Gasteiger partial charge in [-0.2, -0.15) is 0 Å². The van der Waals surface area contributed by atoms with Crippen molar-refractivity contribution in [2.45, 2.75) is 37.8 Å². The Morgan fingerprint density at radius 3 is 1.31 bits per heavy atom. The number of hydrogen-bond acceptors (Lipinski definition) is 8. The van der Waals surface area contributed by atoms with Gasteiger partial charge in [0.2, 0.25) is 11.8 Å². The van der Waals surface area contributed by atoms with Gasteiger partial charge >= 0.3 is 17.9 Å². The van der Waals surface area contributed by atoms with Gasteiger partial charge in [-0.05, 0) is 48.2 Å². The molecule has 1 unspecified atom stereocenters. The molecule has 0 radical (unpaired) electrons. The Morgan fingerprint density at radius 2 is 0.941 bits per heavy atom. The Labute approximate surface area is 295 Å². The molecule has 0 bridgehead atoms. The lowest BCUT2D eigenvalue weighted by molar-refractivity contribution is -0.165. The normalized spacial score (nSPS) is 24.5. The molecule has 2 aliphatic heterocycles. The molecule has 2 amide bonds. The zero-order valence-corrected chi connectivity index (χ0v) is 28.6. The van der Waals surface area contributed by atoms with Crippen LogP contribution >= 0.6 is 0 Å². The fourth-order valence-electron chi connectivity index (χ4n) is 8.91. The predicted octanol–water partition coefficient (Wildman–Crippen LogP) is 5.12. The number of carbonyl (C=O) groups excluding carboxylic acids is 5. The quantitative estimate of drug-likeness (QED) is 0.176. The summed E-state index contributed by atoms with van der Waals surface area (Å²) >= 11 is 0. The van der Waals surface area contributed by atoms with Crippen LogP contribution in [0.5, 0.6) is 0 Å². The van der Waals surface area contributed by atoms with E-state index in [1.807, 2.05) is 60.7 Å². The van der Waals surface area contributed by atoms with Gasteiger partial charge in [0.1, 0.15) is 10.8 Å². The number of rotatable bonds is 9. The van der Waals surface area contributed by atoms with Crippen molar-refractivity contribution in [3.63, 3.8) is 0 Å². The van der Waals surface area contributed by atoms with Crippen molar-refractivity contribution < 1.29 is 38.2 Å². The van der Waals surface area contributed by atoms with E-state index >= 15 is 9.59 Å². The first-order valence-electron chi connectivity index (χ1n) is 17.1. The van der Waals surface area contributed by atoms with Crippen LogP contribution in [0.25, 0.3) is 0 Å². The van der Waals surface area contributed by atoms with Crippen LogP contribution in [0.3, 0.4) is 0 Å². The van der Waals surface area contributed by atoms with Crippen LogP contribution in [0.4, 0.5) is 11.4 Å². The Morgan fingerprint density at radius 1 is 0.569 bits per heavy atom. The molecule has 51 heavy (non-hydrogen) atoms. The van der Waals surface area contributed by atoms with E-state index in [1.165, 1.54) is 0 Å². The number of esters is 3. The Balaban J connectivity index is 1.62. The molecule has 0 N–H and O–H groups in total. The van der Waals surface area contributed by atoms with Crippen LogP contribution in [0.15, 0.2) is 109 Å². The molecule has 4 aromatic rings. The van der Waals surface area contributed by atoms with Crippen LogP contribution in [-0.2, 0) is 62.1 Å². The molecule has 260 valence electrons. The maximum absolute atomic E-state index is 15.9. The van der Waals surface area contributed by atoms with Gasteiger partial charge in [-0.1, -0.05) is 97.1 Å². The molecule has 0 saturated heterocycles. The van der Waals surface area contributed by atoms with Gasteiger partial charge in [-0.15, -0.1) is 0 Å². The SMILES string of the molecule is CCOC(=O)[C@@H]1C(C(=O)OC)[C@@H](C(=O)OCC)[C@]2(C(=O)N(Cc3ccccc3)c3ccccc32)[C@]12C(=O)N(Cc1ccccc1)c1ccccc12. The maximum atomic E-state index is 15.9. The van der Waals surface area contributed by atoms with Gasteiger partial charge in [0.05, 0.1) is 51.2 Å². The van der Waals surface area contributed by atoms with E-state index in [0.29, 0.717) is 22.5 Å². The summed E-state index contributed by atoms with van der Waals surface area (Å²) < 4.78 is 16.7. The maximum Gasteiger partial charge on any atom is 0.311 e. The highest BCUT2D eigenvalue weighted by Crippen LogP contribution is 2.72.